The van der Waals surface area contributed by atoms with Crippen molar-refractivity contribution >= 4 is 28.3 Å². The summed E-state index contributed by atoms with van der Waals surface area (Å²) in [6.07, 6.45) is 0.964. The average Bonchev–Trinajstić information content (AvgIpc) is 3.09. The third-order valence-electron chi connectivity index (χ3n) is 4.35. The summed E-state index contributed by atoms with van der Waals surface area (Å²) in [6, 6.07) is 12.0. The van der Waals surface area contributed by atoms with E-state index in [0.29, 0.717) is 0 Å². The van der Waals surface area contributed by atoms with E-state index in [9.17, 15) is 9.59 Å². The number of nitrogens with one attached hydrogen (secondary N) is 3. The number of H-pyrrole nitrogens is 2. The molecule has 4 rings (SSSR count). The van der Waals surface area contributed by atoms with Gasteiger partial charge in [0.2, 0.25) is 5.91 Å². The maximum atomic E-state index is 11.4. The van der Waals surface area contributed by atoms with Gasteiger partial charge in [0.15, 0.2) is 0 Å². The van der Waals surface area contributed by atoms with E-state index >= 15 is 0 Å². The molecule has 122 valence electrons. The van der Waals surface area contributed by atoms with E-state index in [-0.39, 0.29) is 11.6 Å². The Morgan fingerprint density at radius 2 is 2.00 bits per heavy atom. The van der Waals surface area contributed by atoms with Crippen molar-refractivity contribution in [1.82, 2.24) is 9.97 Å². The molecule has 6 nitrogen and oxygen atoms in total. The highest BCUT2D eigenvalue weighted by Gasteiger charge is 2.19. The average molecular weight is 322 g/mol. The molecular formula is C18H18N4O2. The normalized spacial score (nSPS) is 13.3. The molecule has 0 atom stereocenters. The van der Waals surface area contributed by atoms with Crippen molar-refractivity contribution in [2.75, 3.05) is 16.8 Å². The fraction of sp³-hybridized carbons (Fsp3) is 0.222. The first-order valence-electron chi connectivity index (χ1n) is 7.95. The Morgan fingerprint density at radius 3 is 2.83 bits per heavy atom. The van der Waals surface area contributed by atoms with E-state index in [1.165, 1.54) is 18.2 Å². The minimum absolute atomic E-state index is 0.0569. The van der Waals surface area contributed by atoms with Gasteiger partial charge < -0.3 is 20.2 Å². The van der Waals surface area contributed by atoms with Crippen molar-refractivity contribution in [1.29, 1.82) is 0 Å². The fourth-order valence-corrected chi connectivity index (χ4v) is 3.31. The Balaban J connectivity index is 1.58. The number of carbonyl (C=O) groups excluding carboxylic acids is 1. The van der Waals surface area contributed by atoms with Gasteiger partial charge in [0.05, 0.1) is 11.0 Å². The third kappa shape index (κ3) is 2.67. The second-order valence-electron chi connectivity index (χ2n) is 6.16. The summed E-state index contributed by atoms with van der Waals surface area (Å²) in [5.41, 5.74) is 5.91. The minimum Gasteiger partial charge on any atom is -0.367 e. The van der Waals surface area contributed by atoms with Gasteiger partial charge in [-0.3, -0.25) is 4.79 Å². The summed E-state index contributed by atoms with van der Waals surface area (Å²) in [5.74, 6) is -0.0569. The number of amides is 1. The Hall–Kier alpha value is -3.02. The van der Waals surface area contributed by atoms with Gasteiger partial charge in [-0.15, -0.1) is 0 Å². The van der Waals surface area contributed by atoms with Crippen molar-refractivity contribution in [2.24, 2.45) is 0 Å². The van der Waals surface area contributed by atoms with E-state index in [2.05, 4.69) is 26.3 Å². The molecular weight excluding hydrogens is 304 g/mol. The summed E-state index contributed by atoms with van der Waals surface area (Å²) in [7, 11) is 0. The second kappa shape index (κ2) is 5.56. The van der Waals surface area contributed by atoms with Gasteiger partial charge in [0.1, 0.15) is 0 Å². The number of rotatable bonds is 3. The van der Waals surface area contributed by atoms with Crippen LogP contribution in [0.1, 0.15) is 18.1 Å². The molecule has 0 bridgehead atoms. The van der Waals surface area contributed by atoms with Crippen LogP contribution in [0.4, 0.5) is 11.4 Å². The topological polar surface area (TPSA) is 81.0 Å². The van der Waals surface area contributed by atoms with Gasteiger partial charge in [0, 0.05) is 31.4 Å². The molecule has 1 aliphatic rings. The molecule has 3 N–H and O–H groups in total. The molecule has 0 unspecified atom stereocenters. The molecule has 24 heavy (non-hydrogen) atoms. The number of hydrogen-bond donors (Lipinski definition) is 3. The van der Waals surface area contributed by atoms with Crippen molar-refractivity contribution in [2.45, 2.75) is 19.9 Å². The Kier molecular flexibility index (Phi) is 3.37. The lowest BCUT2D eigenvalue weighted by Gasteiger charge is -2.19. The first-order chi connectivity index (χ1) is 11.6. The minimum atomic E-state index is -0.181. The lowest BCUT2D eigenvalue weighted by atomic mass is 10.1. The number of anilines is 2. The van der Waals surface area contributed by atoms with Crippen LogP contribution in [0.3, 0.4) is 0 Å². The molecule has 2 heterocycles. The first kappa shape index (κ1) is 14.6. The quantitative estimate of drug-likeness (QED) is 0.692. The van der Waals surface area contributed by atoms with E-state index < -0.39 is 0 Å². The summed E-state index contributed by atoms with van der Waals surface area (Å²) < 4.78 is 0. The van der Waals surface area contributed by atoms with Crippen molar-refractivity contribution in [3.05, 3.63) is 58.0 Å². The van der Waals surface area contributed by atoms with E-state index in [1.54, 1.807) is 0 Å². The van der Waals surface area contributed by atoms with Gasteiger partial charge >= 0.3 is 5.69 Å². The molecule has 0 radical (unpaired) electrons. The highest BCUT2D eigenvalue weighted by atomic mass is 16.1. The Bertz CT molecular complexity index is 986. The van der Waals surface area contributed by atoms with Gasteiger partial charge in [-0.1, -0.05) is 6.07 Å². The van der Waals surface area contributed by atoms with Gasteiger partial charge in [0.25, 0.3) is 0 Å². The molecule has 3 aromatic rings. The number of aromatic nitrogens is 2. The highest BCUT2D eigenvalue weighted by Crippen LogP contribution is 2.31. The van der Waals surface area contributed by atoms with E-state index in [0.717, 1.165) is 41.8 Å². The zero-order valence-corrected chi connectivity index (χ0v) is 13.3. The molecule has 0 saturated carbocycles. The smallest absolute Gasteiger partial charge is 0.323 e. The van der Waals surface area contributed by atoms with Crippen LogP contribution in [-0.4, -0.2) is 22.4 Å². The SMILES string of the molecule is CC(=O)Nc1ccc2c(c1)CCN2Cc1ccc2[nH]c(=O)[nH]c2c1. The highest BCUT2D eigenvalue weighted by molar-refractivity contribution is 5.89. The summed E-state index contributed by atoms with van der Waals surface area (Å²) in [6.45, 7) is 3.25. The van der Waals surface area contributed by atoms with Crippen molar-refractivity contribution < 1.29 is 4.79 Å². The monoisotopic (exact) mass is 322 g/mol. The molecule has 6 heteroatoms. The van der Waals surface area contributed by atoms with Gasteiger partial charge in [-0.2, -0.15) is 0 Å². The number of fused-ring (bicyclic) bond motifs is 2. The number of aromatic amines is 2. The van der Waals surface area contributed by atoms with Gasteiger partial charge in [-0.25, -0.2) is 4.79 Å². The van der Waals surface area contributed by atoms with Crippen LogP contribution >= 0.6 is 0 Å². The van der Waals surface area contributed by atoms with Crippen molar-refractivity contribution in [3.63, 3.8) is 0 Å². The van der Waals surface area contributed by atoms with Gasteiger partial charge in [-0.05, 0) is 47.9 Å². The maximum absolute atomic E-state index is 11.4. The molecule has 0 aliphatic carbocycles. The standard InChI is InChI=1S/C18H18N4O2/c1-11(23)19-14-3-5-17-13(9-14)6-7-22(17)10-12-2-4-15-16(8-12)21-18(24)20-15/h2-5,8-9H,6-7,10H2,1H3,(H,19,23)(H2,20,21,24). The predicted molar refractivity (Wildman–Crippen MR) is 94.4 cm³/mol. The number of imidazole rings is 1. The summed E-state index contributed by atoms with van der Waals surface area (Å²) in [4.78, 5) is 30.4. The van der Waals surface area contributed by atoms with E-state index in [4.69, 9.17) is 0 Å². The van der Waals surface area contributed by atoms with E-state index in [1.807, 2.05) is 30.3 Å². The van der Waals surface area contributed by atoms with Crippen LogP contribution in [0, 0.1) is 0 Å². The maximum Gasteiger partial charge on any atom is 0.323 e. The van der Waals surface area contributed by atoms with Crippen LogP contribution < -0.4 is 15.9 Å². The molecule has 1 aliphatic heterocycles. The molecule has 0 fully saturated rings. The Morgan fingerprint density at radius 1 is 1.17 bits per heavy atom. The zero-order chi connectivity index (χ0) is 16.7. The zero-order valence-electron chi connectivity index (χ0n) is 13.3. The van der Waals surface area contributed by atoms with Crippen LogP contribution in [0.15, 0.2) is 41.2 Å². The van der Waals surface area contributed by atoms with Crippen LogP contribution in [0.5, 0.6) is 0 Å². The number of carbonyl (C=O) groups is 1. The molecule has 1 aromatic heterocycles. The molecule has 0 saturated heterocycles. The van der Waals surface area contributed by atoms with Crippen LogP contribution in [0.25, 0.3) is 11.0 Å². The number of benzene rings is 2. The summed E-state index contributed by atoms with van der Waals surface area (Å²) in [5, 5.41) is 2.83. The molecule has 2 aromatic carbocycles. The second-order valence-corrected chi connectivity index (χ2v) is 6.16. The summed E-state index contributed by atoms with van der Waals surface area (Å²) >= 11 is 0. The van der Waals surface area contributed by atoms with Crippen LogP contribution in [-0.2, 0) is 17.8 Å². The largest absolute Gasteiger partial charge is 0.367 e. The first-order valence-corrected chi connectivity index (χ1v) is 7.95. The van der Waals surface area contributed by atoms with Crippen molar-refractivity contribution in [3.8, 4) is 0 Å². The molecule has 1 amide bonds. The number of nitrogens with zero attached hydrogens (tertiary/aromatic N) is 1. The van der Waals surface area contributed by atoms with Crippen LogP contribution in [0.2, 0.25) is 0 Å². The lowest BCUT2D eigenvalue weighted by molar-refractivity contribution is -0.114. The number of hydrogen-bond acceptors (Lipinski definition) is 3. The fourth-order valence-electron chi connectivity index (χ4n) is 3.31. The lowest BCUT2D eigenvalue weighted by Crippen LogP contribution is -2.19. The predicted octanol–water partition coefficient (Wildman–Crippen LogP) is 2.38. The third-order valence-corrected chi connectivity index (χ3v) is 4.35. The Labute approximate surface area is 138 Å². The molecule has 0 spiro atoms.